The van der Waals surface area contributed by atoms with Crippen LogP contribution in [0.15, 0.2) is 0 Å². The van der Waals surface area contributed by atoms with E-state index >= 15 is 0 Å². The molecule has 1 aliphatic heterocycles. The molecule has 88 valence electrons. The molecule has 0 amide bonds. The van der Waals surface area contributed by atoms with Crippen LogP contribution in [0.3, 0.4) is 0 Å². The van der Waals surface area contributed by atoms with Crippen LogP contribution in [-0.4, -0.2) is 44.1 Å². The van der Waals surface area contributed by atoms with Gasteiger partial charge in [0.1, 0.15) is 11.6 Å². The van der Waals surface area contributed by atoms with Crippen molar-refractivity contribution in [3.63, 3.8) is 0 Å². The number of hydrogen-bond donors (Lipinski definition) is 1. The molecule has 0 aromatic carbocycles. The normalized spacial score (nSPS) is 25.9. The van der Waals surface area contributed by atoms with Crippen LogP contribution in [0.2, 0.25) is 0 Å². The van der Waals surface area contributed by atoms with Crippen molar-refractivity contribution in [3.05, 3.63) is 0 Å². The largest absolute Gasteiger partial charge is 0.459 e. The van der Waals surface area contributed by atoms with E-state index in [1.807, 2.05) is 0 Å². The number of rotatable bonds is 1. The van der Waals surface area contributed by atoms with Crippen molar-refractivity contribution < 1.29 is 17.9 Å². The Hall–Kier alpha value is -0.620. The van der Waals surface area contributed by atoms with E-state index in [9.17, 15) is 13.2 Å². The third-order valence-corrected chi connectivity index (χ3v) is 3.58. The van der Waals surface area contributed by atoms with Crippen LogP contribution in [-0.2, 0) is 19.4 Å². The first kappa shape index (κ1) is 12.4. The highest BCUT2D eigenvalue weighted by atomic mass is 32.2. The molecular weight excluding hydrogens is 218 g/mol. The maximum atomic E-state index is 11.6. The zero-order chi connectivity index (χ0) is 11.7. The molecule has 0 aromatic heterocycles. The summed E-state index contributed by atoms with van der Waals surface area (Å²) in [6, 6.07) is -0.719. The standard InChI is InChI=1S/C9H17NO4S/c1-9(2,3)14-8(11)7-6-15(12,13)5-4-10-7/h7,10H,4-6H2,1-3H3/t7-/m1/s1. The van der Waals surface area contributed by atoms with Crippen molar-refractivity contribution in [1.29, 1.82) is 0 Å². The number of sulfone groups is 1. The monoisotopic (exact) mass is 235 g/mol. The van der Waals surface area contributed by atoms with Gasteiger partial charge in [-0.3, -0.25) is 4.79 Å². The SMILES string of the molecule is CC(C)(C)OC(=O)[C@H]1CS(=O)(=O)CCN1. The molecule has 0 spiro atoms. The predicted octanol–water partition coefficient (Wildman–Crippen LogP) is -0.285. The van der Waals surface area contributed by atoms with E-state index in [4.69, 9.17) is 4.74 Å². The Balaban J connectivity index is 2.61. The number of nitrogens with one attached hydrogen (secondary N) is 1. The molecule has 0 aromatic rings. The summed E-state index contributed by atoms with van der Waals surface area (Å²) < 4.78 is 27.7. The van der Waals surface area contributed by atoms with Crippen molar-refractivity contribution in [2.24, 2.45) is 0 Å². The second-order valence-electron chi connectivity index (χ2n) is 4.65. The number of ether oxygens (including phenoxy) is 1. The van der Waals surface area contributed by atoms with Crippen LogP contribution in [0.1, 0.15) is 20.8 Å². The number of esters is 1. The number of carbonyl (C=O) groups excluding carboxylic acids is 1. The molecule has 5 nitrogen and oxygen atoms in total. The third kappa shape index (κ3) is 4.17. The molecule has 0 bridgehead atoms. The molecule has 1 heterocycles. The summed E-state index contributed by atoms with van der Waals surface area (Å²) in [5.41, 5.74) is -0.583. The Morgan fingerprint density at radius 1 is 1.40 bits per heavy atom. The quantitative estimate of drug-likeness (QED) is 0.633. The maximum Gasteiger partial charge on any atom is 0.324 e. The number of hydrogen-bond acceptors (Lipinski definition) is 5. The van der Waals surface area contributed by atoms with Gasteiger partial charge in [0.05, 0.1) is 11.5 Å². The first-order chi connectivity index (χ1) is 6.70. The second kappa shape index (κ2) is 4.09. The molecule has 0 unspecified atom stereocenters. The Labute approximate surface area is 90.1 Å². The van der Waals surface area contributed by atoms with E-state index < -0.39 is 27.4 Å². The van der Waals surface area contributed by atoms with E-state index in [0.717, 1.165) is 0 Å². The molecule has 1 rings (SSSR count). The van der Waals surface area contributed by atoms with Gasteiger partial charge in [0.2, 0.25) is 0 Å². The minimum Gasteiger partial charge on any atom is -0.459 e. The van der Waals surface area contributed by atoms with Gasteiger partial charge in [-0.15, -0.1) is 0 Å². The summed E-state index contributed by atoms with van der Waals surface area (Å²) >= 11 is 0. The van der Waals surface area contributed by atoms with Crippen LogP contribution in [0.5, 0.6) is 0 Å². The molecule has 15 heavy (non-hydrogen) atoms. The fourth-order valence-electron chi connectivity index (χ4n) is 1.31. The third-order valence-electron chi connectivity index (χ3n) is 1.92. The van der Waals surface area contributed by atoms with Crippen LogP contribution in [0.4, 0.5) is 0 Å². The fourth-order valence-corrected chi connectivity index (χ4v) is 2.67. The van der Waals surface area contributed by atoms with E-state index in [0.29, 0.717) is 6.54 Å². The van der Waals surface area contributed by atoms with E-state index in [1.54, 1.807) is 20.8 Å². The lowest BCUT2D eigenvalue weighted by atomic mass is 10.2. The summed E-state index contributed by atoms with van der Waals surface area (Å²) in [6.07, 6.45) is 0. The molecule has 6 heteroatoms. The fraction of sp³-hybridized carbons (Fsp3) is 0.889. The molecule has 1 N–H and O–H groups in total. The molecule has 1 saturated heterocycles. The van der Waals surface area contributed by atoms with Gasteiger partial charge in [0.25, 0.3) is 0 Å². The Bertz CT molecular complexity index is 342. The number of carbonyl (C=O) groups is 1. The van der Waals surface area contributed by atoms with Crippen LogP contribution < -0.4 is 5.32 Å². The highest BCUT2D eigenvalue weighted by Crippen LogP contribution is 2.11. The minimum atomic E-state index is -3.10. The van der Waals surface area contributed by atoms with Gasteiger partial charge in [0, 0.05) is 6.54 Å². The summed E-state index contributed by atoms with van der Waals surface area (Å²) in [5.74, 6) is -0.570. The molecule has 0 saturated carbocycles. The Morgan fingerprint density at radius 3 is 2.47 bits per heavy atom. The zero-order valence-electron chi connectivity index (χ0n) is 9.24. The van der Waals surface area contributed by atoms with Crippen LogP contribution in [0.25, 0.3) is 0 Å². The van der Waals surface area contributed by atoms with E-state index in [1.165, 1.54) is 0 Å². The van der Waals surface area contributed by atoms with Gasteiger partial charge in [-0.2, -0.15) is 0 Å². The van der Waals surface area contributed by atoms with Crippen LogP contribution >= 0.6 is 0 Å². The molecule has 0 radical (unpaired) electrons. The first-order valence-electron chi connectivity index (χ1n) is 4.86. The molecule has 1 atom stereocenters. The smallest absolute Gasteiger partial charge is 0.324 e. The van der Waals surface area contributed by atoms with Crippen molar-refractivity contribution in [2.75, 3.05) is 18.1 Å². The Kier molecular flexibility index (Phi) is 3.40. The summed E-state index contributed by atoms with van der Waals surface area (Å²) in [4.78, 5) is 11.6. The van der Waals surface area contributed by atoms with Gasteiger partial charge in [-0.25, -0.2) is 8.42 Å². The van der Waals surface area contributed by atoms with Crippen molar-refractivity contribution in [3.8, 4) is 0 Å². The van der Waals surface area contributed by atoms with Crippen molar-refractivity contribution >= 4 is 15.8 Å². The highest BCUT2D eigenvalue weighted by Gasteiger charge is 2.32. The lowest BCUT2D eigenvalue weighted by Crippen LogP contribution is -2.51. The summed E-state index contributed by atoms with van der Waals surface area (Å²) in [5, 5.41) is 2.84. The molecular formula is C9H17NO4S. The average Bonchev–Trinajstić information content (AvgIpc) is 1.99. The highest BCUT2D eigenvalue weighted by molar-refractivity contribution is 7.91. The molecule has 1 aliphatic rings. The second-order valence-corrected chi connectivity index (χ2v) is 6.88. The average molecular weight is 235 g/mol. The van der Waals surface area contributed by atoms with E-state index in [-0.39, 0.29) is 11.5 Å². The zero-order valence-corrected chi connectivity index (χ0v) is 10.1. The van der Waals surface area contributed by atoms with Gasteiger partial charge >= 0.3 is 5.97 Å². The van der Waals surface area contributed by atoms with Gasteiger partial charge in [-0.1, -0.05) is 0 Å². The van der Waals surface area contributed by atoms with Crippen LogP contribution in [0, 0.1) is 0 Å². The van der Waals surface area contributed by atoms with Gasteiger partial charge in [0.15, 0.2) is 9.84 Å². The first-order valence-corrected chi connectivity index (χ1v) is 6.68. The summed E-state index contributed by atoms with van der Waals surface area (Å²) in [7, 11) is -3.10. The molecule has 1 fully saturated rings. The minimum absolute atomic E-state index is 0.0896. The topological polar surface area (TPSA) is 72.5 Å². The van der Waals surface area contributed by atoms with Gasteiger partial charge < -0.3 is 10.1 Å². The Morgan fingerprint density at radius 2 is 2.00 bits per heavy atom. The van der Waals surface area contributed by atoms with Gasteiger partial charge in [-0.05, 0) is 20.8 Å². The lowest BCUT2D eigenvalue weighted by molar-refractivity contribution is -0.156. The van der Waals surface area contributed by atoms with E-state index in [2.05, 4.69) is 5.32 Å². The van der Waals surface area contributed by atoms with Crippen molar-refractivity contribution in [2.45, 2.75) is 32.4 Å². The molecule has 0 aliphatic carbocycles. The lowest BCUT2D eigenvalue weighted by Gasteiger charge is -2.26. The van der Waals surface area contributed by atoms with Crippen molar-refractivity contribution in [1.82, 2.24) is 5.32 Å². The summed E-state index contributed by atoms with van der Waals surface area (Å²) in [6.45, 7) is 5.57. The predicted molar refractivity (Wildman–Crippen MR) is 56.3 cm³/mol. The maximum absolute atomic E-state index is 11.6.